The fourth-order valence-electron chi connectivity index (χ4n) is 1.08. The summed E-state index contributed by atoms with van der Waals surface area (Å²) in [6, 6.07) is -1.07. The number of nitrogens with two attached hydrogens (primary N) is 1. The van der Waals surface area contributed by atoms with E-state index in [4.69, 9.17) is 45.3 Å². The number of hydrogen-bond acceptors (Lipinski definition) is 5. The molecule has 0 aliphatic heterocycles. The van der Waals surface area contributed by atoms with E-state index in [1.165, 1.54) is 6.92 Å². The number of amides is 3. The van der Waals surface area contributed by atoms with Crippen LogP contribution in [-0.4, -0.2) is 29.0 Å². The lowest BCUT2D eigenvalue weighted by molar-refractivity contribution is -0.127. The van der Waals surface area contributed by atoms with Gasteiger partial charge in [0.25, 0.3) is 5.91 Å². The molecule has 0 unspecified atom stereocenters. The fourth-order valence-corrected chi connectivity index (χ4v) is 1.64. The first-order chi connectivity index (χ1) is 9.23. The number of hydrogen-bond donors (Lipinski definition) is 2. The van der Waals surface area contributed by atoms with Gasteiger partial charge in [0.2, 0.25) is 0 Å². The molecule has 0 saturated heterocycles. The second-order valence-corrected chi connectivity index (χ2v) is 4.65. The summed E-state index contributed by atoms with van der Waals surface area (Å²) in [6.07, 6.45) is -0.164. The van der Waals surface area contributed by atoms with Crippen LogP contribution in [0.1, 0.15) is 17.4 Å². The van der Waals surface area contributed by atoms with Crippen molar-refractivity contribution in [3.8, 4) is 0 Å². The van der Waals surface area contributed by atoms with E-state index >= 15 is 0 Å². The third kappa shape index (κ3) is 3.96. The number of carbonyl (C=O) groups excluding carboxylic acids is 3. The number of rotatable bonds is 3. The van der Waals surface area contributed by atoms with Crippen LogP contribution in [0.5, 0.6) is 0 Å². The molecule has 20 heavy (non-hydrogen) atoms. The summed E-state index contributed by atoms with van der Waals surface area (Å²) >= 11 is 17.2. The Morgan fingerprint density at radius 2 is 1.90 bits per heavy atom. The Balaban J connectivity index is 2.84. The molecule has 1 aromatic heterocycles. The van der Waals surface area contributed by atoms with Crippen LogP contribution in [0.25, 0.3) is 0 Å². The van der Waals surface area contributed by atoms with Gasteiger partial charge in [-0.2, -0.15) is 0 Å². The van der Waals surface area contributed by atoms with E-state index in [1.54, 1.807) is 5.32 Å². The molecule has 1 atom stereocenters. The quantitative estimate of drug-likeness (QED) is 0.815. The van der Waals surface area contributed by atoms with Gasteiger partial charge in [-0.15, -0.1) is 0 Å². The van der Waals surface area contributed by atoms with Gasteiger partial charge in [0.15, 0.2) is 11.8 Å². The highest BCUT2D eigenvalue weighted by molar-refractivity contribution is 6.48. The van der Waals surface area contributed by atoms with Gasteiger partial charge in [-0.3, -0.25) is 10.1 Å². The predicted octanol–water partition coefficient (Wildman–Crippen LogP) is 1.78. The van der Waals surface area contributed by atoms with Crippen LogP contribution in [0.2, 0.25) is 15.1 Å². The molecule has 0 saturated carbocycles. The van der Waals surface area contributed by atoms with E-state index in [-0.39, 0.29) is 20.8 Å². The van der Waals surface area contributed by atoms with Crippen molar-refractivity contribution in [2.75, 3.05) is 0 Å². The number of urea groups is 1. The Bertz CT molecular complexity index is 579. The number of imide groups is 1. The number of nitrogens with one attached hydrogen (secondary N) is 1. The van der Waals surface area contributed by atoms with E-state index in [2.05, 4.69) is 4.98 Å². The van der Waals surface area contributed by atoms with Gasteiger partial charge in [0, 0.05) is 6.20 Å². The van der Waals surface area contributed by atoms with Crippen molar-refractivity contribution in [3.63, 3.8) is 0 Å². The Kier molecular flexibility index (Phi) is 5.55. The summed E-state index contributed by atoms with van der Waals surface area (Å²) in [5, 5.41) is 1.55. The van der Waals surface area contributed by atoms with Gasteiger partial charge in [0.05, 0.1) is 15.1 Å². The number of carbonyl (C=O) groups is 3. The predicted molar refractivity (Wildman–Crippen MR) is 71.9 cm³/mol. The molecule has 3 N–H and O–H groups in total. The van der Waals surface area contributed by atoms with Crippen molar-refractivity contribution in [3.05, 3.63) is 27.0 Å². The summed E-state index contributed by atoms with van der Waals surface area (Å²) in [4.78, 5) is 37.3. The molecule has 0 aromatic carbocycles. The van der Waals surface area contributed by atoms with E-state index in [0.717, 1.165) is 6.20 Å². The number of primary amides is 1. The molecule has 1 aromatic rings. The molecule has 0 aliphatic rings. The molecule has 1 rings (SSSR count). The third-order valence-corrected chi connectivity index (χ3v) is 3.25. The van der Waals surface area contributed by atoms with E-state index in [9.17, 15) is 14.4 Å². The number of nitrogens with zero attached hydrogens (tertiary/aromatic N) is 1. The van der Waals surface area contributed by atoms with Crippen LogP contribution in [0, 0.1) is 0 Å². The van der Waals surface area contributed by atoms with Gasteiger partial charge in [0.1, 0.15) is 0 Å². The number of halogens is 3. The van der Waals surface area contributed by atoms with Crippen molar-refractivity contribution >= 4 is 52.7 Å². The molecule has 0 spiro atoms. The Labute approximate surface area is 128 Å². The maximum absolute atomic E-state index is 11.8. The Morgan fingerprint density at radius 3 is 2.45 bits per heavy atom. The molecule has 7 nitrogen and oxygen atoms in total. The first kappa shape index (κ1) is 16.5. The molecule has 3 amide bonds. The Hall–Kier alpha value is -1.57. The lowest BCUT2D eigenvalue weighted by Gasteiger charge is -2.12. The van der Waals surface area contributed by atoms with Crippen molar-refractivity contribution < 1.29 is 19.1 Å². The van der Waals surface area contributed by atoms with Crippen LogP contribution < -0.4 is 11.1 Å². The van der Waals surface area contributed by atoms with Crippen molar-refractivity contribution in [2.45, 2.75) is 13.0 Å². The zero-order valence-corrected chi connectivity index (χ0v) is 12.2. The van der Waals surface area contributed by atoms with Gasteiger partial charge in [-0.1, -0.05) is 34.8 Å². The summed E-state index contributed by atoms with van der Waals surface area (Å²) in [7, 11) is 0. The maximum Gasteiger partial charge on any atom is 0.359 e. The van der Waals surface area contributed by atoms with Crippen LogP contribution in [0.4, 0.5) is 4.79 Å². The zero-order valence-electron chi connectivity index (χ0n) is 9.95. The normalized spacial score (nSPS) is 11.6. The molecule has 0 aliphatic carbocycles. The number of ether oxygens (including phenoxy) is 1. The monoisotopic (exact) mass is 339 g/mol. The Morgan fingerprint density at radius 1 is 1.30 bits per heavy atom. The smallest absolute Gasteiger partial charge is 0.359 e. The van der Waals surface area contributed by atoms with Gasteiger partial charge in [-0.05, 0) is 6.92 Å². The first-order valence-electron chi connectivity index (χ1n) is 5.04. The summed E-state index contributed by atoms with van der Waals surface area (Å²) in [6.45, 7) is 1.24. The van der Waals surface area contributed by atoms with Crippen molar-refractivity contribution in [1.29, 1.82) is 0 Å². The highest BCUT2D eigenvalue weighted by atomic mass is 35.5. The van der Waals surface area contributed by atoms with E-state index < -0.39 is 24.0 Å². The standard InChI is InChI=1S/C10H8Cl3N3O4/c1-3(8(17)16-10(14)19)20-9(18)7-6(13)5(12)4(11)2-15-7/h2-3H,1H3,(H3,14,16,17,19)/t3-/m1/s1. The first-order valence-corrected chi connectivity index (χ1v) is 6.18. The number of aromatic nitrogens is 1. The highest BCUT2D eigenvalue weighted by Gasteiger charge is 2.24. The third-order valence-electron chi connectivity index (χ3n) is 2.01. The molecule has 10 heteroatoms. The van der Waals surface area contributed by atoms with Crippen LogP contribution in [-0.2, 0) is 9.53 Å². The lowest BCUT2D eigenvalue weighted by Crippen LogP contribution is -2.42. The van der Waals surface area contributed by atoms with Crippen molar-refractivity contribution in [2.24, 2.45) is 5.73 Å². The number of pyridine rings is 1. The average molecular weight is 341 g/mol. The van der Waals surface area contributed by atoms with Crippen LogP contribution in [0.15, 0.2) is 6.20 Å². The maximum atomic E-state index is 11.8. The zero-order chi connectivity index (χ0) is 15.4. The van der Waals surface area contributed by atoms with E-state index in [1.807, 2.05) is 0 Å². The molecular formula is C10H8Cl3N3O4. The molecule has 1 heterocycles. The molecule has 0 fully saturated rings. The second kappa shape index (κ2) is 6.74. The van der Waals surface area contributed by atoms with Gasteiger partial charge < -0.3 is 10.5 Å². The molecular weight excluding hydrogens is 332 g/mol. The summed E-state index contributed by atoms with van der Waals surface area (Å²) in [5.41, 5.74) is 4.45. The summed E-state index contributed by atoms with van der Waals surface area (Å²) < 4.78 is 4.77. The van der Waals surface area contributed by atoms with E-state index in [0.29, 0.717) is 0 Å². The molecule has 0 radical (unpaired) electrons. The highest BCUT2D eigenvalue weighted by Crippen LogP contribution is 2.31. The van der Waals surface area contributed by atoms with Gasteiger partial charge >= 0.3 is 12.0 Å². The summed E-state index contributed by atoms with van der Waals surface area (Å²) in [5.74, 6) is -1.89. The topological polar surface area (TPSA) is 111 Å². The fraction of sp³-hybridized carbons (Fsp3) is 0.200. The van der Waals surface area contributed by atoms with Crippen LogP contribution >= 0.6 is 34.8 Å². The minimum atomic E-state index is -1.28. The minimum Gasteiger partial charge on any atom is -0.448 e. The minimum absolute atomic E-state index is 0.0627. The number of esters is 1. The second-order valence-electron chi connectivity index (χ2n) is 3.48. The lowest BCUT2D eigenvalue weighted by atomic mass is 10.3. The molecule has 0 bridgehead atoms. The van der Waals surface area contributed by atoms with Crippen molar-refractivity contribution in [1.82, 2.24) is 10.3 Å². The van der Waals surface area contributed by atoms with Gasteiger partial charge in [-0.25, -0.2) is 14.6 Å². The largest absolute Gasteiger partial charge is 0.448 e. The molecule has 108 valence electrons. The average Bonchev–Trinajstić information content (AvgIpc) is 2.35. The van der Waals surface area contributed by atoms with Crippen LogP contribution in [0.3, 0.4) is 0 Å². The SMILES string of the molecule is C[C@@H](OC(=O)c1ncc(Cl)c(Cl)c1Cl)C(=O)NC(N)=O.